The smallest absolute Gasteiger partial charge is 0.238 e. The van der Waals surface area contributed by atoms with Crippen molar-refractivity contribution in [2.45, 2.75) is 20.3 Å². The Kier molecular flexibility index (Phi) is 4.07. The normalized spacial score (nSPS) is 20.5. The van der Waals surface area contributed by atoms with Crippen LogP contribution in [0.25, 0.3) is 0 Å². The van der Waals surface area contributed by atoms with Crippen LogP contribution in [-0.2, 0) is 4.79 Å². The molecule has 0 spiro atoms. The maximum Gasteiger partial charge on any atom is 0.238 e. The number of halogens is 1. The lowest BCUT2D eigenvalue weighted by Crippen LogP contribution is -2.30. The van der Waals surface area contributed by atoms with Crippen molar-refractivity contribution in [2.75, 3.05) is 18.4 Å². The largest absolute Gasteiger partial charge is 0.324 e. The molecule has 98 valence electrons. The van der Waals surface area contributed by atoms with E-state index in [0.29, 0.717) is 17.9 Å². The molecular weight excluding hydrogens is 292 g/mol. The number of nitrogens with one attached hydrogen (secondary N) is 2. The fraction of sp³-hybridized carbons (Fsp3) is 0.500. The minimum absolute atomic E-state index is 0.000330. The standard InChI is InChI=1S/C14H19BrN2O/c1-14(2)7-10(14)8-16-9-13(18)17-12-6-4-3-5-11(12)15/h3-6,10,16H,7-9H2,1-2H3,(H,17,18). The lowest BCUT2D eigenvalue weighted by Gasteiger charge is -2.08. The summed E-state index contributed by atoms with van der Waals surface area (Å²) in [5.41, 5.74) is 1.28. The summed E-state index contributed by atoms with van der Waals surface area (Å²) in [5.74, 6) is 0.717. The van der Waals surface area contributed by atoms with E-state index in [2.05, 4.69) is 40.4 Å². The van der Waals surface area contributed by atoms with Crippen molar-refractivity contribution < 1.29 is 4.79 Å². The van der Waals surface area contributed by atoms with Crippen LogP contribution < -0.4 is 10.6 Å². The van der Waals surface area contributed by atoms with Gasteiger partial charge >= 0.3 is 0 Å². The van der Waals surface area contributed by atoms with E-state index in [9.17, 15) is 4.79 Å². The van der Waals surface area contributed by atoms with Crippen LogP contribution in [-0.4, -0.2) is 19.0 Å². The summed E-state index contributed by atoms with van der Waals surface area (Å²) in [6.45, 7) is 5.82. The molecule has 1 saturated carbocycles. The molecule has 4 heteroatoms. The van der Waals surface area contributed by atoms with Gasteiger partial charge in [-0.1, -0.05) is 26.0 Å². The van der Waals surface area contributed by atoms with Crippen molar-refractivity contribution in [1.82, 2.24) is 5.32 Å². The zero-order chi connectivity index (χ0) is 13.2. The van der Waals surface area contributed by atoms with Gasteiger partial charge in [-0.2, -0.15) is 0 Å². The Morgan fingerprint density at radius 2 is 2.11 bits per heavy atom. The van der Waals surface area contributed by atoms with Gasteiger partial charge in [0, 0.05) is 4.47 Å². The van der Waals surface area contributed by atoms with Crippen LogP contribution in [0.2, 0.25) is 0 Å². The van der Waals surface area contributed by atoms with E-state index in [1.807, 2.05) is 24.3 Å². The Bertz CT molecular complexity index is 445. The van der Waals surface area contributed by atoms with E-state index in [0.717, 1.165) is 16.7 Å². The van der Waals surface area contributed by atoms with Crippen molar-refractivity contribution in [1.29, 1.82) is 0 Å². The first-order valence-electron chi connectivity index (χ1n) is 6.24. The lowest BCUT2D eigenvalue weighted by molar-refractivity contribution is -0.115. The maximum atomic E-state index is 11.7. The van der Waals surface area contributed by atoms with Gasteiger partial charge in [-0.3, -0.25) is 4.79 Å². The van der Waals surface area contributed by atoms with Gasteiger partial charge < -0.3 is 10.6 Å². The third-order valence-electron chi connectivity index (χ3n) is 3.54. The average Bonchev–Trinajstić information content (AvgIpc) is 2.90. The van der Waals surface area contributed by atoms with Crippen LogP contribution in [0.3, 0.4) is 0 Å². The molecule has 0 heterocycles. The van der Waals surface area contributed by atoms with Crippen molar-refractivity contribution in [3.63, 3.8) is 0 Å². The lowest BCUT2D eigenvalue weighted by atomic mass is 10.1. The number of amides is 1. The first-order valence-corrected chi connectivity index (χ1v) is 7.03. The highest BCUT2D eigenvalue weighted by Crippen LogP contribution is 2.50. The summed E-state index contributed by atoms with van der Waals surface area (Å²) in [7, 11) is 0. The molecule has 1 amide bonds. The average molecular weight is 311 g/mol. The van der Waals surface area contributed by atoms with E-state index in [4.69, 9.17) is 0 Å². The Balaban J connectivity index is 1.71. The molecule has 3 nitrogen and oxygen atoms in total. The second-order valence-electron chi connectivity index (χ2n) is 5.55. The molecule has 2 N–H and O–H groups in total. The first-order chi connectivity index (χ1) is 8.49. The Morgan fingerprint density at radius 1 is 1.44 bits per heavy atom. The highest BCUT2D eigenvalue weighted by atomic mass is 79.9. The van der Waals surface area contributed by atoms with Crippen LogP contribution in [0.1, 0.15) is 20.3 Å². The molecule has 1 aromatic carbocycles. The number of rotatable bonds is 5. The van der Waals surface area contributed by atoms with Crippen LogP contribution in [0, 0.1) is 11.3 Å². The van der Waals surface area contributed by atoms with E-state index in [1.54, 1.807) is 0 Å². The molecule has 0 bridgehead atoms. The SMILES string of the molecule is CC1(C)CC1CNCC(=O)Nc1ccccc1Br. The third-order valence-corrected chi connectivity index (χ3v) is 4.23. The van der Waals surface area contributed by atoms with Crippen molar-refractivity contribution in [2.24, 2.45) is 11.3 Å². The molecule has 0 aromatic heterocycles. The molecule has 0 radical (unpaired) electrons. The number of carbonyl (C=O) groups is 1. The molecule has 0 aliphatic heterocycles. The van der Waals surface area contributed by atoms with E-state index < -0.39 is 0 Å². The third kappa shape index (κ3) is 3.56. The number of para-hydroxylation sites is 1. The van der Waals surface area contributed by atoms with Gasteiger partial charge in [-0.15, -0.1) is 0 Å². The van der Waals surface area contributed by atoms with Gasteiger partial charge in [0.15, 0.2) is 0 Å². The molecular formula is C14H19BrN2O. The molecule has 0 saturated heterocycles. The minimum atomic E-state index is 0.000330. The zero-order valence-corrected chi connectivity index (χ0v) is 12.4. The summed E-state index contributed by atoms with van der Waals surface area (Å²) >= 11 is 3.41. The number of anilines is 1. The number of hydrogen-bond donors (Lipinski definition) is 2. The van der Waals surface area contributed by atoms with E-state index in [1.165, 1.54) is 6.42 Å². The predicted octanol–water partition coefficient (Wildman–Crippen LogP) is 3.02. The second-order valence-corrected chi connectivity index (χ2v) is 6.40. The number of benzene rings is 1. The highest BCUT2D eigenvalue weighted by Gasteiger charge is 2.44. The van der Waals surface area contributed by atoms with Crippen LogP contribution in [0.4, 0.5) is 5.69 Å². The molecule has 1 aliphatic rings. The summed E-state index contributed by atoms with van der Waals surface area (Å²) in [6, 6.07) is 7.62. The molecule has 1 unspecified atom stereocenters. The monoisotopic (exact) mass is 310 g/mol. The topological polar surface area (TPSA) is 41.1 Å². The van der Waals surface area contributed by atoms with Crippen LogP contribution in [0.5, 0.6) is 0 Å². The van der Waals surface area contributed by atoms with Crippen LogP contribution >= 0.6 is 15.9 Å². The van der Waals surface area contributed by atoms with Crippen LogP contribution in [0.15, 0.2) is 28.7 Å². The van der Waals surface area contributed by atoms with Crippen molar-refractivity contribution >= 4 is 27.5 Å². The molecule has 2 rings (SSSR count). The molecule has 1 aliphatic carbocycles. The summed E-state index contributed by atoms with van der Waals surface area (Å²) in [5, 5.41) is 6.09. The molecule has 1 atom stereocenters. The minimum Gasteiger partial charge on any atom is -0.324 e. The summed E-state index contributed by atoms with van der Waals surface area (Å²) in [4.78, 5) is 11.7. The second kappa shape index (κ2) is 5.41. The van der Waals surface area contributed by atoms with Gasteiger partial charge in [0.25, 0.3) is 0 Å². The summed E-state index contributed by atoms with van der Waals surface area (Å²) < 4.78 is 0.904. The fourth-order valence-corrected chi connectivity index (χ4v) is 2.43. The highest BCUT2D eigenvalue weighted by molar-refractivity contribution is 9.10. The number of hydrogen-bond acceptors (Lipinski definition) is 2. The first kappa shape index (κ1) is 13.6. The fourth-order valence-electron chi connectivity index (χ4n) is 2.04. The van der Waals surface area contributed by atoms with Crippen molar-refractivity contribution in [3.05, 3.63) is 28.7 Å². The van der Waals surface area contributed by atoms with E-state index >= 15 is 0 Å². The molecule has 1 fully saturated rings. The summed E-state index contributed by atoms with van der Waals surface area (Å²) in [6.07, 6.45) is 1.26. The van der Waals surface area contributed by atoms with Gasteiger partial charge in [-0.25, -0.2) is 0 Å². The zero-order valence-electron chi connectivity index (χ0n) is 10.8. The van der Waals surface area contributed by atoms with E-state index in [-0.39, 0.29) is 5.91 Å². The Hall–Kier alpha value is -0.870. The Morgan fingerprint density at radius 3 is 2.72 bits per heavy atom. The quantitative estimate of drug-likeness (QED) is 0.877. The predicted molar refractivity (Wildman–Crippen MR) is 77.5 cm³/mol. The molecule has 1 aromatic rings. The Labute approximate surface area is 116 Å². The molecule has 18 heavy (non-hydrogen) atoms. The maximum absolute atomic E-state index is 11.7. The van der Waals surface area contributed by atoms with Gasteiger partial charge in [-0.05, 0) is 52.4 Å². The van der Waals surface area contributed by atoms with Crippen molar-refractivity contribution in [3.8, 4) is 0 Å². The van der Waals surface area contributed by atoms with Gasteiger partial charge in [0.05, 0.1) is 12.2 Å². The number of carbonyl (C=O) groups excluding carboxylic acids is 1. The van der Waals surface area contributed by atoms with Gasteiger partial charge in [0.2, 0.25) is 5.91 Å². The van der Waals surface area contributed by atoms with Gasteiger partial charge in [0.1, 0.15) is 0 Å².